The third kappa shape index (κ3) is 4.26. The van der Waals surface area contributed by atoms with Gasteiger partial charge in [0.05, 0.1) is 7.11 Å². The molecule has 0 aliphatic carbocycles. The van der Waals surface area contributed by atoms with Gasteiger partial charge >= 0.3 is 6.18 Å². The van der Waals surface area contributed by atoms with Crippen LogP contribution in [0.1, 0.15) is 17.8 Å². The summed E-state index contributed by atoms with van der Waals surface area (Å²) in [5, 5.41) is 11.0. The summed E-state index contributed by atoms with van der Waals surface area (Å²) in [6.07, 6.45) is -3.71. The summed E-state index contributed by atoms with van der Waals surface area (Å²) in [6, 6.07) is 11.2. The first-order valence-corrected chi connectivity index (χ1v) is 9.34. The van der Waals surface area contributed by atoms with E-state index in [4.69, 9.17) is 4.74 Å². The average Bonchev–Trinajstić information content (AvgIpc) is 3.01. The van der Waals surface area contributed by atoms with E-state index in [1.807, 2.05) is 23.1 Å². The van der Waals surface area contributed by atoms with Crippen LogP contribution in [0.2, 0.25) is 0 Å². The smallest absolute Gasteiger partial charge is 0.453 e. The fourth-order valence-corrected chi connectivity index (χ4v) is 3.51. The molecule has 0 unspecified atom stereocenters. The third-order valence-corrected chi connectivity index (χ3v) is 4.96. The highest BCUT2D eigenvalue weighted by molar-refractivity contribution is 5.46. The monoisotopic (exact) mass is 406 g/mol. The van der Waals surface area contributed by atoms with Crippen molar-refractivity contribution in [2.75, 3.05) is 38.2 Å². The third-order valence-electron chi connectivity index (χ3n) is 4.96. The molecule has 0 atom stereocenters. The molecule has 1 fully saturated rings. The quantitative estimate of drug-likeness (QED) is 0.664. The van der Waals surface area contributed by atoms with Gasteiger partial charge in [-0.3, -0.25) is 4.90 Å². The Labute approximate surface area is 165 Å². The zero-order valence-electron chi connectivity index (χ0n) is 15.9. The van der Waals surface area contributed by atoms with Crippen LogP contribution >= 0.6 is 0 Å². The number of aromatic nitrogens is 4. The van der Waals surface area contributed by atoms with Crippen molar-refractivity contribution in [3.63, 3.8) is 0 Å². The molecule has 1 aliphatic heterocycles. The predicted octanol–water partition coefficient (Wildman–Crippen LogP) is 2.86. The topological polar surface area (TPSA) is 58.8 Å². The van der Waals surface area contributed by atoms with Crippen LogP contribution in [-0.4, -0.2) is 58.0 Å². The summed E-state index contributed by atoms with van der Waals surface area (Å²) in [6.45, 7) is 3.87. The molecule has 0 amide bonds. The average molecular weight is 406 g/mol. The lowest BCUT2D eigenvalue weighted by Gasteiger charge is -2.23. The summed E-state index contributed by atoms with van der Waals surface area (Å²) >= 11 is 0. The van der Waals surface area contributed by atoms with E-state index in [1.54, 1.807) is 13.2 Å². The molecule has 0 spiro atoms. The van der Waals surface area contributed by atoms with Gasteiger partial charge in [0.15, 0.2) is 5.65 Å². The number of nitrogens with zero attached hydrogens (tertiary/aromatic N) is 6. The van der Waals surface area contributed by atoms with Gasteiger partial charge in [0, 0.05) is 32.7 Å². The Bertz CT molecular complexity index is 989. The second-order valence-electron chi connectivity index (χ2n) is 6.95. The minimum atomic E-state index is -4.60. The zero-order valence-corrected chi connectivity index (χ0v) is 15.9. The van der Waals surface area contributed by atoms with Crippen LogP contribution in [0.4, 0.5) is 19.0 Å². The normalized spacial score (nSPS) is 16.2. The van der Waals surface area contributed by atoms with Crippen LogP contribution in [0.25, 0.3) is 5.65 Å². The minimum absolute atomic E-state index is 0.0792. The van der Waals surface area contributed by atoms with E-state index in [-0.39, 0.29) is 5.65 Å². The summed E-state index contributed by atoms with van der Waals surface area (Å²) in [7, 11) is 1.65. The van der Waals surface area contributed by atoms with Crippen molar-refractivity contribution in [2.24, 2.45) is 0 Å². The number of benzene rings is 1. The second kappa shape index (κ2) is 7.86. The molecule has 3 heterocycles. The Kier molecular flexibility index (Phi) is 5.27. The summed E-state index contributed by atoms with van der Waals surface area (Å²) in [4.78, 5) is 4.33. The van der Waals surface area contributed by atoms with Crippen molar-refractivity contribution >= 4 is 11.5 Å². The van der Waals surface area contributed by atoms with E-state index in [0.717, 1.165) is 48.4 Å². The van der Waals surface area contributed by atoms with Crippen molar-refractivity contribution < 1.29 is 17.9 Å². The lowest BCUT2D eigenvalue weighted by Crippen LogP contribution is -2.31. The van der Waals surface area contributed by atoms with Crippen LogP contribution in [0, 0.1) is 0 Å². The van der Waals surface area contributed by atoms with Crippen molar-refractivity contribution in [3.05, 3.63) is 47.8 Å². The summed E-state index contributed by atoms with van der Waals surface area (Å²) in [5.74, 6) is 0.209. The number of methoxy groups -OCH3 is 1. The highest BCUT2D eigenvalue weighted by atomic mass is 19.4. The van der Waals surface area contributed by atoms with Crippen molar-refractivity contribution in [2.45, 2.75) is 19.1 Å². The number of halogens is 3. The van der Waals surface area contributed by atoms with Gasteiger partial charge in [0.25, 0.3) is 5.82 Å². The van der Waals surface area contributed by atoms with Gasteiger partial charge < -0.3 is 9.64 Å². The SMILES string of the molecule is COc1cccc(CN2CCCN(c3ccc4nnc(C(F)(F)F)n4n3)CC2)c1. The zero-order chi connectivity index (χ0) is 20.4. The number of rotatable bonds is 4. The number of anilines is 1. The maximum Gasteiger partial charge on any atom is 0.453 e. The Balaban J connectivity index is 1.48. The molecule has 29 heavy (non-hydrogen) atoms. The number of hydrogen-bond acceptors (Lipinski definition) is 6. The fourth-order valence-electron chi connectivity index (χ4n) is 3.51. The van der Waals surface area contributed by atoms with Gasteiger partial charge in [-0.2, -0.15) is 17.7 Å². The fraction of sp³-hybridized carbons (Fsp3) is 0.421. The standard InChI is InChI=1S/C19H21F3N6O/c1-29-15-5-2-4-14(12-15)13-26-8-3-9-27(11-10-26)17-7-6-16-23-24-18(19(20,21)22)28(16)25-17/h2,4-7,12H,3,8-11,13H2,1H3. The molecule has 2 aromatic heterocycles. The van der Waals surface area contributed by atoms with E-state index in [9.17, 15) is 13.2 Å². The maximum absolute atomic E-state index is 13.1. The number of fused-ring (bicyclic) bond motifs is 1. The van der Waals surface area contributed by atoms with Crippen LogP contribution in [0.5, 0.6) is 5.75 Å². The molecule has 1 saturated heterocycles. The molecular formula is C19H21F3N6O. The molecule has 154 valence electrons. The molecule has 3 aromatic rings. The van der Waals surface area contributed by atoms with Crippen molar-refractivity contribution in [1.29, 1.82) is 0 Å². The molecule has 4 rings (SSSR count). The number of ether oxygens (including phenoxy) is 1. The second-order valence-corrected chi connectivity index (χ2v) is 6.95. The Morgan fingerprint density at radius 3 is 2.69 bits per heavy atom. The van der Waals surface area contributed by atoms with E-state index in [1.165, 1.54) is 6.07 Å². The Morgan fingerprint density at radius 2 is 1.90 bits per heavy atom. The lowest BCUT2D eigenvalue weighted by molar-refractivity contribution is -0.146. The molecule has 0 saturated carbocycles. The first kappa shape index (κ1) is 19.4. The minimum Gasteiger partial charge on any atom is -0.497 e. The molecule has 0 bridgehead atoms. The summed E-state index contributed by atoms with van der Waals surface area (Å²) < 4.78 is 45.4. The van der Waals surface area contributed by atoms with Gasteiger partial charge in [0.1, 0.15) is 11.6 Å². The first-order valence-electron chi connectivity index (χ1n) is 9.34. The van der Waals surface area contributed by atoms with Crippen LogP contribution in [-0.2, 0) is 12.7 Å². The predicted molar refractivity (Wildman–Crippen MR) is 101 cm³/mol. The van der Waals surface area contributed by atoms with Gasteiger partial charge in [-0.15, -0.1) is 15.3 Å². The molecule has 0 N–H and O–H groups in total. The van der Waals surface area contributed by atoms with Gasteiger partial charge in [-0.25, -0.2) is 0 Å². The van der Waals surface area contributed by atoms with Crippen LogP contribution in [0.3, 0.4) is 0 Å². The summed E-state index contributed by atoms with van der Waals surface area (Å²) in [5.41, 5.74) is 1.24. The van der Waals surface area contributed by atoms with Crippen LogP contribution < -0.4 is 9.64 Å². The van der Waals surface area contributed by atoms with E-state index in [0.29, 0.717) is 12.4 Å². The highest BCUT2D eigenvalue weighted by Crippen LogP contribution is 2.28. The van der Waals surface area contributed by atoms with Gasteiger partial charge in [-0.05, 0) is 36.2 Å². The number of alkyl halides is 3. The van der Waals surface area contributed by atoms with E-state index >= 15 is 0 Å². The maximum atomic E-state index is 13.1. The molecule has 0 radical (unpaired) electrons. The number of hydrogen-bond donors (Lipinski definition) is 0. The van der Waals surface area contributed by atoms with Crippen molar-refractivity contribution in [3.8, 4) is 5.75 Å². The lowest BCUT2D eigenvalue weighted by atomic mass is 10.2. The Morgan fingerprint density at radius 1 is 1.03 bits per heavy atom. The molecule has 10 heteroatoms. The first-order chi connectivity index (χ1) is 13.9. The van der Waals surface area contributed by atoms with Gasteiger partial charge in [0.2, 0.25) is 0 Å². The van der Waals surface area contributed by atoms with Crippen molar-refractivity contribution in [1.82, 2.24) is 24.7 Å². The Hall–Kier alpha value is -2.88. The molecular weight excluding hydrogens is 385 g/mol. The largest absolute Gasteiger partial charge is 0.497 e. The molecule has 7 nitrogen and oxygen atoms in total. The van der Waals surface area contributed by atoms with Crippen LogP contribution in [0.15, 0.2) is 36.4 Å². The molecule has 1 aliphatic rings. The molecule has 1 aromatic carbocycles. The van der Waals surface area contributed by atoms with E-state index < -0.39 is 12.0 Å². The highest BCUT2D eigenvalue weighted by Gasteiger charge is 2.37. The van der Waals surface area contributed by atoms with E-state index in [2.05, 4.69) is 26.3 Å². The van der Waals surface area contributed by atoms with Gasteiger partial charge in [-0.1, -0.05) is 12.1 Å².